The Labute approximate surface area is 873 Å². The van der Waals surface area contributed by atoms with Crippen molar-refractivity contribution in [3.63, 3.8) is 0 Å². The molecule has 3 saturated carbocycles. The van der Waals surface area contributed by atoms with Crippen LogP contribution in [0.5, 0.6) is 0 Å². The molecule has 2 saturated heterocycles. The molecule has 0 spiro atoms. The monoisotopic (exact) mass is 2020 g/mol. The van der Waals surface area contributed by atoms with Crippen molar-refractivity contribution in [3.05, 3.63) is 434 Å². The zero-order valence-corrected chi connectivity index (χ0v) is 84.6. The van der Waals surface area contributed by atoms with Crippen molar-refractivity contribution < 1.29 is 49.2 Å². The second kappa shape index (κ2) is 46.0. The fourth-order valence-corrected chi connectivity index (χ4v) is 25.8. The quantitative estimate of drug-likeness (QED) is 0.0104. The SMILES string of the molecule is O=C(O)CCCCCCCCCCN1C(=O)/C(=c2\s/c(=C/c3ccc4c(c3)C3CCCC3N4c3ccc(C=C(c4ccccc4)c4ccccc4)cc3)c(=O)n2CC(=O)O)SC1=S.O=C(O)CN1C(=O)/C(=C\c2ccc3c(c2)C2CCCC2N3c2ccc(C=C(c3ccccc3)c3ccccc3)cc2)SC1=S.[C-]#[N+]/C(=C\c1ccc2c(c1)C1CCCC1N2c1ccc(C=C(c2ccccc2)c2ccccc2)cc1)C(=O)O. The minimum Gasteiger partial charge on any atom is -0.486 e. The average molecular weight is 2020 g/mol. The summed E-state index contributed by atoms with van der Waals surface area (Å²) in [6, 6.07) is 109. The summed E-state index contributed by atoms with van der Waals surface area (Å²) in [5.74, 6) is -3.63. The van der Waals surface area contributed by atoms with Gasteiger partial charge in [0.05, 0.1) is 16.0 Å². The summed E-state index contributed by atoms with van der Waals surface area (Å²) in [4.78, 5) is 99.9. The fourth-order valence-electron chi connectivity index (χ4n) is 22.0. The number of rotatable bonds is 31. The smallest absolute Gasteiger partial charge is 0.333 e. The molecule has 0 radical (unpaired) electrons. The van der Waals surface area contributed by atoms with E-state index in [-0.39, 0.29) is 28.3 Å². The molecule has 6 atom stereocenters. The molecule has 21 rings (SSSR count). The van der Waals surface area contributed by atoms with Crippen LogP contribution in [0.4, 0.5) is 34.1 Å². The zero-order valence-electron chi connectivity index (χ0n) is 80.5. The highest BCUT2D eigenvalue weighted by molar-refractivity contribution is 8.30. The van der Waals surface area contributed by atoms with E-state index in [0.717, 1.165) is 180 Å². The molecule has 13 aromatic rings. The highest BCUT2D eigenvalue weighted by Crippen LogP contribution is 2.56. The van der Waals surface area contributed by atoms with Crippen molar-refractivity contribution in [2.45, 2.75) is 158 Å². The molecule has 23 heteroatoms. The van der Waals surface area contributed by atoms with Gasteiger partial charge < -0.3 is 35.1 Å². The Morgan fingerprint density at radius 2 is 0.719 bits per heavy atom. The van der Waals surface area contributed by atoms with E-state index in [2.05, 4.69) is 293 Å². The third-order valence-corrected chi connectivity index (χ3v) is 32.8. The molecule has 3 aliphatic carbocycles. The predicted octanol–water partition coefficient (Wildman–Crippen LogP) is 26.5. The predicted molar refractivity (Wildman–Crippen MR) is 599 cm³/mol. The number of unbranched alkanes of at least 4 members (excludes halogenated alkanes) is 7. The Hall–Kier alpha value is -14.9. The minimum atomic E-state index is -1.19. The van der Waals surface area contributed by atoms with Crippen LogP contribution in [0.1, 0.15) is 217 Å². The fraction of sp³-hybridized carbons (Fsp3) is 0.220. The molecule has 146 heavy (non-hydrogen) atoms. The van der Waals surface area contributed by atoms with Gasteiger partial charge in [0.15, 0.2) is 0 Å². The molecule has 2 amide bonds. The number of carbonyl (C=O) groups excluding carboxylic acids is 2. The number of amides is 2. The van der Waals surface area contributed by atoms with Gasteiger partial charge in [-0.15, -0.1) is 11.3 Å². The number of hydrogen-bond acceptors (Lipinski definition) is 15. The first kappa shape index (κ1) is 99.8. The molecular weight excluding hydrogens is 1910 g/mol. The lowest BCUT2D eigenvalue weighted by Gasteiger charge is -2.27. The minimum absolute atomic E-state index is 0.218. The van der Waals surface area contributed by atoms with E-state index >= 15 is 0 Å². The summed E-state index contributed by atoms with van der Waals surface area (Å²) < 4.78 is 2.57. The third kappa shape index (κ3) is 22.5. The maximum Gasteiger partial charge on any atom is 0.333 e. The average Bonchev–Trinajstić information content (AvgIpc) is 1.59. The van der Waals surface area contributed by atoms with E-state index < -0.39 is 42.5 Å². The largest absolute Gasteiger partial charge is 0.486 e. The van der Waals surface area contributed by atoms with Gasteiger partial charge >= 0.3 is 23.9 Å². The number of aromatic nitrogens is 1. The van der Waals surface area contributed by atoms with E-state index in [9.17, 15) is 43.8 Å². The molecule has 18 nitrogen and oxygen atoms in total. The van der Waals surface area contributed by atoms with Gasteiger partial charge in [-0.1, -0.05) is 348 Å². The number of carbonyl (C=O) groups is 6. The number of carboxylic acids is 4. The lowest BCUT2D eigenvalue weighted by Crippen LogP contribution is -2.35. The number of thiazole rings is 1. The second-order valence-electron chi connectivity index (χ2n) is 38.0. The standard InChI is InChI=1S/C51H51N3O6S3.C37H30N2O3S2.C35H28N2O2/c55-45(56)22-13-5-3-1-2-4-6-14-29-52-49(60)47(63-51(52)61)50-53(33-46(57)58)48(59)44(62-50)32-35-25-28-43-41(31-35)39-20-15-21-42(39)54(43)38-26-23-34(24-27-38)30-40(36-16-9-7-10-17-36)37-18-11-8-12-19-37;40-35(41)23-38-36(42)34(44-37(38)43)22-25-16-19-33-31(21-25)29-12-7-13-32(29)39(33)28-17-14-24(15-18-28)20-30(26-8-3-1-4-9-26)27-10-5-2-6-11-27;1-36-32(35(38)39)23-25-17-20-34-31(22-25)29-13-8-14-33(29)37(34)28-18-15-24(16-19-28)21-30(26-9-4-2-5-10-26)27-11-6-3-7-12-27/h7-12,16-19,23-28,30-32,39,42H,1-6,13-15,20-22,29,33H2,(H,55,56)(H,57,58);1-6,8-11,14-22,29,32H,7,12-13,23H2,(H,40,41);2-7,9-12,15-23,29,33H,8,13-14H2,(H,38,39)/b44-32+,50-47+;34-22+;32-23-. The van der Waals surface area contributed by atoms with E-state index in [0.29, 0.717) is 72.2 Å². The van der Waals surface area contributed by atoms with Crippen LogP contribution in [0, 0.1) is 6.57 Å². The number of benzene rings is 12. The van der Waals surface area contributed by atoms with Crippen molar-refractivity contribution in [1.82, 2.24) is 14.4 Å². The Balaban J connectivity index is 0.000000143. The van der Waals surface area contributed by atoms with Crippen LogP contribution < -0.4 is 29.5 Å². The lowest BCUT2D eigenvalue weighted by atomic mass is 9.95. The van der Waals surface area contributed by atoms with Crippen LogP contribution in [0.25, 0.3) is 62.9 Å². The van der Waals surface area contributed by atoms with E-state index in [1.165, 1.54) is 108 Å². The summed E-state index contributed by atoms with van der Waals surface area (Å²) in [6.07, 6.45) is 29.7. The van der Waals surface area contributed by atoms with E-state index in [1.54, 1.807) is 4.90 Å². The maximum absolute atomic E-state index is 13.9. The first-order chi connectivity index (χ1) is 71.2. The van der Waals surface area contributed by atoms with Crippen molar-refractivity contribution in [2.75, 3.05) is 27.8 Å². The van der Waals surface area contributed by atoms with Crippen LogP contribution >= 0.6 is 59.3 Å². The van der Waals surface area contributed by atoms with Gasteiger partial charge in [0.25, 0.3) is 23.1 Å². The molecule has 5 fully saturated rings. The molecule has 6 heterocycles. The first-order valence-corrected chi connectivity index (χ1v) is 53.3. The molecule has 4 N–H and O–H groups in total. The second-order valence-corrected chi connectivity index (χ2v) is 42.3. The lowest BCUT2D eigenvalue weighted by molar-refractivity contribution is -0.140. The summed E-state index contributed by atoms with van der Waals surface area (Å²) >= 11 is 14.3. The third-order valence-electron chi connectivity index (χ3n) is 28.7. The summed E-state index contributed by atoms with van der Waals surface area (Å²) in [6.45, 7) is 6.66. The highest BCUT2D eigenvalue weighted by atomic mass is 32.2. The summed E-state index contributed by atoms with van der Waals surface area (Å²) in [5, 5.41) is 37.1. The van der Waals surface area contributed by atoms with Crippen LogP contribution in [-0.2, 0) is 35.3 Å². The van der Waals surface area contributed by atoms with Gasteiger partial charge in [0.2, 0.25) is 0 Å². The van der Waals surface area contributed by atoms with Gasteiger partial charge in [0, 0.05) is 83.0 Å². The Bertz CT molecular complexity index is 7410. The van der Waals surface area contributed by atoms with Gasteiger partial charge in [-0.25, -0.2) is 4.85 Å². The number of fused-ring (bicyclic) bond motifs is 9. The number of thioether (sulfide) groups is 2. The Morgan fingerprint density at radius 3 is 1.09 bits per heavy atom. The first-order valence-electron chi connectivity index (χ1n) is 50.0. The van der Waals surface area contributed by atoms with Crippen LogP contribution in [0.15, 0.2) is 325 Å². The molecule has 1 aromatic heterocycles. The van der Waals surface area contributed by atoms with Crippen molar-refractivity contribution in [3.8, 4) is 0 Å². The normalized spacial score (nSPS) is 18.4. The number of anilines is 6. The van der Waals surface area contributed by atoms with Crippen LogP contribution in [0.2, 0.25) is 0 Å². The molecule has 6 unspecified atom stereocenters. The van der Waals surface area contributed by atoms with E-state index in [1.807, 2.05) is 66.7 Å². The molecule has 12 aromatic carbocycles. The molecular formula is C123H109N7O11S5. The van der Waals surface area contributed by atoms with Crippen LogP contribution in [0.3, 0.4) is 0 Å². The topological polar surface area (TPSA) is 226 Å². The Kier molecular flexibility index (Phi) is 31.5. The molecule has 0 bridgehead atoms. The molecule has 5 aliphatic heterocycles. The number of carboxylic acid groups (broad SMARTS) is 4. The van der Waals surface area contributed by atoms with Gasteiger partial charge in [-0.3, -0.25) is 47.9 Å². The number of hydrogen-bond donors (Lipinski definition) is 4. The van der Waals surface area contributed by atoms with Crippen molar-refractivity contribution >= 4 is 196 Å². The highest BCUT2D eigenvalue weighted by Gasteiger charge is 2.46. The Morgan fingerprint density at radius 1 is 0.370 bits per heavy atom. The summed E-state index contributed by atoms with van der Waals surface area (Å²) in [5.41, 5.74) is 26.7. The van der Waals surface area contributed by atoms with Crippen molar-refractivity contribution in [2.24, 2.45) is 0 Å². The maximum atomic E-state index is 13.9. The van der Waals surface area contributed by atoms with Crippen molar-refractivity contribution in [1.29, 1.82) is 0 Å². The van der Waals surface area contributed by atoms with E-state index in [4.69, 9.17) is 41.2 Å². The zero-order chi connectivity index (χ0) is 101. The number of nitrogens with zero attached hydrogens (tertiary/aromatic N) is 7. The van der Waals surface area contributed by atoms with Gasteiger partial charge in [-0.05, 0) is 255 Å². The van der Waals surface area contributed by atoms with Crippen LogP contribution in [-0.4, -0.2) is 110 Å². The molecule has 8 aliphatic rings. The van der Waals surface area contributed by atoms with Gasteiger partial charge in [0.1, 0.15) is 31.3 Å². The van der Waals surface area contributed by atoms with Gasteiger partial charge in [-0.2, -0.15) is 0 Å². The number of aliphatic carboxylic acids is 4. The number of thiocarbonyl (C=S) groups is 2. The summed E-state index contributed by atoms with van der Waals surface area (Å²) in [7, 11) is 0. The molecule has 732 valence electrons.